The van der Waals surface area contributed by atoms with E-state index in [2.05, 4.69) is 9.47 Å². The minimum absolute atomic E-state index is 0.360. The molecule has 3 rings (SSSR count). The van der Waals surface area contributed by atoms with Crippen LogP contribution in [0.5, 0.6) is 5.75 Å². The number of carbonyl (C=O) groups is 2. The van der Waals surface area contributed by atoms with E-state index in [1.54, 1.807) is 12.1 Å². The standard InChI is InChI=1S/C22H29N3O3/c1-15-20(18-7-9-19(10-8-18)28-17(3)26)21(22(23)27)16(2)25(15)14-13-24-11-5-4-6-12-24/h7-10H,4-6,11-14H2,1-3H3,(H2,23,27). The van der Waals surface area contributed by atoms with Gasteiger partial charge in [-0.1, -0.05) is 18.6 Å². The number of hydrogen-bond donors (Lipinski definition) is 1. The normalized spacial score (nSPS) is 14.8. The van der Waals surface area contributed by atoms with Gasteiger partial charge in [-0.2, -0.15) is 0 Å². The second kappa shape index (κ2) is 8.61. The quantitative estimate of drug-likeness (QED) is 0.613. The van der Waals surface area contributed by atoms with Gasteiger partial charge in [0.05, 0.1) is 5.56 Å². The second-order valence-corrected chi connectivity index (χ2v) is 7.46. The van der Waals surface area contributed by atoms with E-state index in [0.29, 0.717) is 11.3 Å². The van der Waals surface area contributed by atoms with Crippen LogP contribution in [0.25, 0.3) is 11.1 Å². The molecule has 6 nitrogen and oxygen atoms in total. The van der Waals surface area contributed by atoms with Gasteiger partial charge in [-0.25, -0.2) is 0 Å². The van der Waals surface area contributed by atoms with E-state index in [1.807, 2.05) is 26.0 Å². The lowest BCUT2D eigenvalue weighted by Crippen LogP contribution is -2.32. The van der Waals surface area contributed by atoms with Crippen molar-refractivity contribution in [2.24, 2.45) is 5.73 Å². The molecular weight excluding hydrogens is 354 g/mol. The molecule has 1 saturated heterocycles. The first-order chi connectivity index (χ1) is 13.4. The molecule has 1 fully saturated rings. The van der Waals surface area contributed by atoms with Crippen LogP contribution in [0, 0.1) is 13.8 Å². The molecule has 1 aromatic heterocycles. The molecule has 2 N–H and O–H groups in total. The first-order valence-electron chi connectivity index (χ1n) is 9.89. The molecule has 1 aliphatic heterocycles. The third kappa shape index (κ3) is 4.28. The maximum atomic E-state index is 12.2. The van der Waals surface area contributed by atoms with Gasteiger partial charge in [-0.3, -0.25) is 9.59 Å². The molecule has 0 atom stereocenters. The minimum Gasteiger partial charge on any atom is -0.427 e. The van der Waals surface area contributed by atoms with Crippen molar-refractivity contribution in [1.29, 1.82) is 0 Å². The highest BCUT2D eigenvalue weighted by Crippen LogP contribution is 2.33. The lowest BCUT2D eigenvalue weighted by Gasteiger charge is -2.27. The van der Waals surface area contributed by atoms with Gasteiger partial charge in [0.25, 0.3) is 5.91 Å². The predicted molar refractivity (Wildman–Crippen MR) is 109 cm³/mol. The zero-order chi connectivity index (χ0) is 20.3. The van der Waals surface area contributed by atoms with Gasteiger partial charge >= 0.3 is 5.97 Å². The summed E-state index contributed by atoms with van der Waals surface area (Å²) in [6.07, 6.45) is 3.84. The lowest BCUT2D eigenvalue weighted by atomic mass is 10.00. The second-order valence-electron chi connectivity index (χ2n) is 7.46. The van der Waals surface area contributed by atoms with Gasteiger partial charge < -0.3 is 19.9 Å². The molecule has 2 aromatic rings. The summed E-state index contributed by atoms with van der Waals surface area (Å²) in [4.78, 5) is 25.8. The maximum Gasteiger partial charge on any atom is 0.308 e. The summed E-state index contributed by atoms with van der Waals surface area (Å²) in [5.74, 6) is -0.298. The molecular formula is C22H29N3O3. The van der Waals surface area contributed by atoms with Crippen LogP contribution in [0.4, 0.5) is 0 Å². The molecule has 1 aliphatic rings. The first kappa shape index (κ1) is 20.1. The van der Waals surface area contributed by atoms with Crippen molar-refractivity contribution >= 4 is 11.9 Å². The summed E-state index contributed by atoms with van der Waals surface area (Å²) in [5.41, 5.74) is 9.99. The average Bonchev–Trinajstić information content (AvgIpc) is 2.91. The van der Waals surface area contributed by atoms with Gasteiger partial charge in [0.2, 0.25) is 0 Å². The Hall–Kier alpha value is -2.60. The molecule has 1 amide bonds. The van der Waals surface area contributed by atoms with Crippen molar-refractivity contribution in [3.05, 3.63) is 41.2 Å². The van der Waals surface area contributed by atoms with E-state index in [4.69, 9.17) is 10.5 Å². The summed E-state index contributed by atoms with van der Waals surface area (Å²) in [6.45, 7) is 9.46. The van der Waals surface area contributed by atoms with E-state index >= 15 is 0 Å². The molecule has 6 heteroatoms. The Balaban J connectivity index is 1.91. The summed E-state index contributed by atoms with van der Waals surface area (Å²) < 4.78 is 7.30. The van der Waals surface area contributed by atoms with E-state index < -0.39 is 5.91 Å². The van der Waals surface area contributed by atoms with Crippen molar-refractivity contribution in [3.8, 4) is 16.9 Å². The van der Waals surface area contributed by atoms with Crippen LogP contribution in [0.1, 0.15) is 47.9 Å². The van der Waals surface area contributed by atoms with Crippen LogP contribution < -0.4 is 10.5 Å². The van der Waals surface area contributed by atoms with E-state index in [9.17, 15) is 9.59 Å². The Morgan fingerprint density at radius 1 is 1.00 bits per heavy atom. The van der Waals surface area contributed by atoms with Crippen LogP contribution in [-0.2, 0) is 11.3 Å². The number of amides is 1. The number of likely N-dealkylation sites (tertiary alicyclic amines) is 1. The zero-order valence-corrected chi connectivity index (χ0v) is 17.0. The molecule has 1 aromatic carbocycles. The van der Waals surface area contributed by atoms with Gasteiger partial charge in [-0.05, 0) is 57.5 Å². The number of hydrogen-bond acceptors (Lipinski definition) is 4. The number of rotatable bonds is 6. The molecule has 28 heavy (non-hydrogen) atoms. The van der Waals surface area contributed by atoms with E-state index in [1.165, 1.54) is 26.2 Å². The Bertz CT molecular complexity index is 862. The number of aromatic nitrogens is 1. The van der Waals surface area contributed by atoms with Crippen LogP contribution >= 0.6 is 0 Å². The molecule has 2 heterocycles. The predicted octanol–water partition coefficient (Wildman–Crippen LogP) is 3.28. The van der Waals surface area contributed by atoms with Crippen molar-refractivity contribution < 1.29 is 14.3 Å². The van der Waals surface area contributed by atoms with Crippen molar-refractivity contribution in [1.82, 2.24) is 9.47 Å². The number of piperidine rings is 1. The Morgan fingerprint density at radius 2 is 1.64 bits per heavy atom. The summed E-state index contributed by atoms with van der Waals surface area (Å²) in [7, 11) is 0. The topological polar surface area (TPSA) is 77.6 Å². The third-order valence-corrected chi connectivity index (χ3v) is 5.52. The summed E-state index contributed by atoms with van der Waals surface area (Å²) in [5, 5.41) is 0. The number of nitrogens with two attached hydrogens (primary N) is 1. The summed E-state index contributed by atoms with van der Waals surface area (Å²) >= 11 is 0. The van der Waals surface area contributed by atoms with E-state index in [-0.39, 0.29) is 5.97 Å². The van der Waals surface area contributed by atoms with Crippen LogP contribution in [0.15, 0.2) is 24.3 Å². The molecule has 0 saturated carbocycles. The van der Waals surface area contributed by atoms with Crippen LogP contribution in [0.3, 0.4) is 0 Å². The largest absolute Gasteiger partial charge is 0.427 e. The Kier molecular flexibility index (Phi) is 6.19. The van der Waals surface area contributed by atoms with Gasteiger partial charge in [0.1, 0.15) is 5.75 Å². The SMILES string of the molecule is CC(=O)Oc1ccc(-c2c(C(N)=O)c(C)n(CCN3CCCCC3)c2C)cc1. The van der Waals surface area contributed by atoms with Gasteiger partial charge in [0, 0.05) is 37.0 Å². The zero-order valence-electron chi connectivity index (χ0n) is 17.0. The highest BCUT2D eigenvalue weighted by molar-refractivity contribution is 6.02. The highest BCUT2D eigenvalue weighted by Gasteiger charge is 2.23. The Morgan fingerprint density at radius 3 is 2.21 bits per heavy atom. The fourth-order valence-electron chi connectivity index (χ4n) is 4.15. The number of nitrogens with zero attached hydrogens (tertiary/aromatic N) is 2. The summed E-state index contributed by atoms with van der Waals surface area (Å²) in [6, 6.07) is 7.20. The van der Waals surface area contributed by atoms with Crippen molar-refractivity contribution in [3.63, 3.8) is 0 Å². The van der Waals surface area contributed by atoms with Crippen LogP contribution in [0.2, 0.25) is 0 Å². The lowest BCUT2D eigenvalue weighted by molar-refractivity contribution is -0.131. The minimum atomic E-state index is -0.420. The number of benzene rings is 1. The monoisotopic (exact) mass is 383 g/mol. The van der Waals surface area contributed by atoms with Crippen LogP contribution in [-0.4, -0.2) is 41.0 Å². The Labute approximate surface area is 166 Å². The van der Waals surface area contributed by atoms with Gasteiger partial charge in [0.15, 0.2) is 0 Å². The first-order valence-corrected chi connectivity index (χ1v) is 9.89. The maximum absolute atomic E-state index is 12.2. The number of esters is 1. The van der Waals surface area contributed by atoms with Crippen molar-refractivity contribution in [2.45, 2.75) is 46.6 Å². The number of ether oxygens (including phenoxy) is 1. The fraction of sp³-hybridized carbons (Fsp3) is 0.455. The molecule has 0 radical (unpaired) electrons. The molecule has 0 aliphatic carbocycles. The number of carbonyl (C=O) groups excluding carboxylic acids is 2. The van der Waals surface area contributed by atoms with E-state index in [0.717, 1.165) is 48.7 Å². The highest BCUT2D eigenvalue weighted by atomic mass is 16.5. The molecule has 0 unspecified atom stereocenters. The van der Waals surface area contributed by atoms with Crippen molar-refractivity contribution in [2.75, 3.05) is 19.6 Å². The molecule has 150 valence electrons. The molecule has 0 spiro atoms. The average molecular weight is 383 g/mol. The third-order valence-electron chi connectivity index (χ3n) is 5.52. The molecule has 0 bridgehead atoms. The smallest absolute Gasteiger partial charge is 0.308 e. The van der Waals surface area contributed by atoms with Gasteiger partial charge in [-0.15, -0.1) is 0 Å². The fourth-order valence-corrected chi connectivity index (χ4v) is 4.15. The number of primary amides is 1.